The highest BCUT2D eigenvalue weighted by Crippen LogP contribution is 2.25. The molecule has 31 heavy (non-hydrogen) atoms. The monoisotopic (exact) mass is 449 g/mol. The number of hydrogen-bond donors (Lipinski definition) is 0. The van der Waals surface area contributed by atoms with Crippen LogP contribution in [0.3, 0.4) is 0 Å². The van der Waals surface area contributed by atoms with Crippen molar-refractivity contribution in [1.29, 1.82) is 0 Å². The molecule has 1 aliphatic rings. The van der Waals surface area contributed by atoms with Crippen molar-refractivity contribution in [3.8, 4) is 0 Å². The number of carbonyl (C=O) groups excluding carboxylic acids is 1. The second-order valence-corrected chi connectivity index (χ2v) is 9.63. The molecule has 0 amide bonds. The Balaban J connectivity index is 1.76. The molecule has 9 heteroatoms. The topological polar surface area (TPSA) is 79.8 Å². The number of carbonyl (C=O) groups is 1. The maximum absolute atomic E-state index is 13.2. The van der Waals surface area contributed by atoms with Crippen LogP contribution in [0.2, 0.25) is 0 Å². The number of rotatable bonds is 8. The minimum Gasteiger partial charge on any atom is -0.462 e. The Morgan fingerprint density at radius 2 is 1.87 bits per heavy atom. The fourth-order valence-corrected chi connectivity index (χ4v) is 5.14. The molecule has 1 fully saturated rings. The number of pyridine rings is 1. The molecule has 7 nitrogen and oxygen atoms in total. The first kappa shape index (κ1) is 23.0. The molecule has 0 aliphatic carbocycles. The third-order valence-corrected chi connectivity index (χ3v) is 7.09. The highest BCUT2D eigenvalue weighted by atomic mass is 32.2. The summed E-state index contributed by atoms with van der Waals surface area (Å²) in [7, 11) is -3.55. The number of aromatic nitrogens is 1. The summed E-state index contributed by atoms with van der Waals surface area (Å²) in [5.74, 6) is 0.130. The van der Waals surface area contributed by atoms with E-state index in [-0.39, 0.29) is 30.2 Å². The van der Waals surface area contributed by atoms with E-state index in [9.17, 15) is 17.6 Å². The van der Waals surface area contributed by atoms with Crippen LogP contribution in [0, 0.1) is 5.82 Å². The lowest BCUT2D eigenvalue weighted by Gasteiger charge is -2.32. The quantitative estimate of drug-likeness (QED) is 0.574. The van der Waals surface area contributed by atoms with Gasteiger partial charge in [-0.1, -0.05) is 19.1 Å². The van der Waals surface area contributed by atoms with Crippen LogP contribution in [-0.4, -0.2) is 44.3 Å². The zero-order valence-electron chi connectivity index (χ0n) is 17.8. The van der Waals surface area contributed by atoms with Gasteiger partial charge in [0.2, 0.25) is 10.0 Å². The highest BCUT2D eigenvalue weighted by Gasteiger charge is 2.25. The lowest BCUT2D eigenvalue weighted by Crippen LogP contribution is -2.38. The summed E-state index contributed by atoms with van der Waals surface area (Å²) in [4.78, 5) is 17.7. The van der Waals surface area contributed by atoms with Gasteiger partial charge in [0, 0.05) is 32.9 Å². The van der Waals surface area contributed by atoms with E-state index < -0.39 is 10.0 Å². The molecule has 2 heterocycles. The minimum atomic E-state index is -3.55. The Bertz CT molecular complexity index is 973. The van der Waals surface area contributed by atoms with Crippen molar-refractivity contribution in [2.24, 2.45) is 0 Å². The van der Waals surface area contributed by atoms with Gasteiger partial charge in [0.05, 0.1) is 24.2 Å². The molecular formula is C22H28FN3O4S. The van der Waals surface area contributed by atoms with E-state index in [1.165, 1.54) is 23.4 Å². The lowest BCUT2D eigenvalue weighted by atomic mass is 10.1. The molecule has 2 aromatic rings. The number of halogens is 1. The van der Waals surface area contributed by atoms with Gasteiger partial charge in [-0.2, -0.15) is 0 Å². The number of ether oxygens (including phenoxy) is 1. The first-order valence-electron chi connectivity index (χ1n) is 10.4. The van der Waals surface area contributed by atoms with E-state index in [1.54, 1.807) is 30.5 Å². The molecule has 1 aliphatic heterocycles. The molecule has 0 spiro atoms. The number of anilines is 2. The molecule has 0 N–H and O–H groups in total. The van der Waals surface area contributed by atoms with E-state index in [0.29, 0.717) is 30.8 Å². The Morgan fingerprint density at radius 3 is 2.42 bits per heavy atom. The maximum atomic E-state index is 13.2. The molecule has 168 valence electrons. The van der Waals surface area contributed by atoms with Gasteiger partial charge in [0.1, 0.15) is 17.7 Å². The summed E-state index contributed by atoms with van der Waals surface area (Å²) in [6.07, 6.45) is 3.43. The number of hydrogen-bond acceptors (Lipinski definition) is 6. The summed E-state index contributed by atoms with van der Waals surface area (Å²) in [5, 5.41) is 0. The Kier molecular flexibility index (Phi) is 7.48. The van der Waals surface area contributed by atoms with Crippen molar-refractivity contribution < 1.29 is 22.3 Å². The van der Waals surface area contributed by atoms with Crippen LogP contribution >= 0.6 is 0 Å². The van der Waals surface area contributed by atoms with Gasteiger partial charge in [-0.15, -0.1) is 0 Å². The molecule has 1 aromatic carbocycles. The van der Waals surface area contributed by atoms with Crippen LogP contribution in [0.4, 0.5) is 15.9 Å². The smallest absolute Gasteiger partial charge is 0.302 e. The summed E-state index contributed by atoms with van der Waals surface area (Å²) in [6, 6.07) is 9.36. The number of benzene rings is 1. The van der Waals surface area contributed by atoms with Crippen molar-refractivity contribution in [3.63, 3.8) is 0 Å². The number of esters is 1. The molecule has 0 saturated carbocycles. The Hall–Kier alpha value is -2.68. The molecule has 0 bridgehead atoms. The van der Waals surface area contributed by atoms with Crippen molar-refractivity contribution >= 4 is 27.5 Å². The van der Waals surface area contributed by atoms with E-state index >= 15 is 0 Å². The van der Waals surface area contributed by atoms with Crippen LogP contribution in [0.15, 0.2) is 42.6 Å². The molecule has 0 unspecified atom stereocenters. The van der Waals surface area contributed by atoms with E-state index in [0.717, 1.165) is 18.7 Å². The molecular weight excluding hydrogens is 421 g/mol. The highest BCUT2D eigenvalue weighted by molar-refractivity contribution is 7.92. The summed E-state index contributed by atoms with van der Waals surface area (Å²) in [5.41, 5.74) is 1.16. The van der Waals surface area contributed by atoms with Crippen LogP contribution < -0.4 is 9.21 Å². The van der Waals surface area contributed by atoms with Gasteiger partial charge in [-0.25, -0.2) is 17.8 Å². The maximum Gasteiger partial charge on any atom is 0.302 e. The predicted molar refractivity (Wildman–Crippen MR) is 118 cm³/mol. The second-order valence-electron chi connectivity index (χ2n) is 7.62. The fourth-order valence-electron chi connectivity index (χ4n) is 3.62. The van der Waals surface area contributed by atoms with E-state index in [1.807, 2.05) is 6.92 Å². The third-order valence-electron chi connectivity index (χ3n) is 5.16. The average Bonchev–Trinajstić information content (AvgIpc) is 2.73. The van der Waals surface area contributed by atoms with E-state index in [4.69, 9.17) is 4.74 Å². The first-order valence-corrected chi connectivity index (χ1v) is 12.0. The van der Waals surface area contributed by atoms with Crippen molar-refractivity contribution in [2.45, 2.75) is 45.8 Å². The zero-order valence-corrected chi connectivity index (χ0v) is 18.6. The lowest BCUT2D eigenvalue weighted by molar-refractivity contribution is -0.147. The van der Waals surface area contributed by atoms with E-state index in [2.05, 4.69) is 9.88 Å². The van der Waals surface area contributed by atoms with Gasteiger partial charge in [-0.3, -0.25) is 9.10 Å². The van der Waals surface area contributed by atoms with Gasteiger partial charge >= 0.3 is 5.97 Å². The van der Waals surface area contributed by atoms with Crippen LogP contribution in [0.1, 0.15) is 38.7 Å². The molecule has 0 radical (unpaired) electrons. The van der Waals surface area contributed by atoms with Crippen LogP contribution in [0.25, 0.3) is 0 Å². The molecule has 3 rings (SSSR count). The largest absolute Gasteiger partial charge is 0.462 e. The SMILES string of the molecule is CCCS(=O)(=O)N(Cc1ccc(F)cc1)c1ccc(N2CCC(OC(C)=O)CC2)nc1. The first-order chi connectivity index (χ1) is 14.8. The summed E-state index contributed by atoms with van der Waals surface area (Å²) < 4.78 is 45.6. The third kappa shape index (κ3) is 6.16. The predicted octanol–water partition coefficient (Wildman–Crippen LogP) is 3.50. The molecule has 1 aromatic heterocycles. The number of nitrogens with zero attached hydrogens (tertiary/aromatic N) is 3. The van der Waals surface area contributed by atoms with Crippen molar-refractivity contribution in [1.82, 2.24) is 4.98 Å². The van der Waals surface area contributed by atoms with Gasteiger partial charge in [0.15, 0.2) is 0 Å². The van der Waals surface area contributed by atoms with Gasteiger partial charge in [0.25, 0.3) is 0 Å². The molecule has 0 atom stereocenters. The van der Waals surface area contributed by atoms with Crippen molar-refractivity contribution in [2.75, 3.05) is 28.0 Å². The fraction of sp³-hybridized carbons (Fsp3) is 0.455. The van der Waals surface area contributed by atoms with Gasteiger partial charge in [-0.05, 0) is 36.2 Å². The summed E-state index contributed by atoms with van der Waals surface area (Å²) in [6.45, 7) is 4.75. The number of piperidine rings is 1. The minimum absolute atomic E-state index is 0.0135. The zero-order chi connectivity index (χ0) is 22.4. The Morgan fingerprint density at radius 1 is 1.19 bits per heavy atom. The standard InChI is InChI=1S/C22H28FN3O4S/c1-3-14-31(28,29)26(16-18-4-6-19(23)7-5-18)20-8-9-22(24-15-20)25-12-10-21(11-13-25)30-17(2)27/h4-9,15,21H,3,10-14,16H2,1-2H3. The number of sulfonamides is 1. The second kappa shape index (κ2) is 10.1. The normalized spacial score (nSPS) is 15.0. The van der Waals surface area contributed by atoms with Gasteiger partial charge < -0.3 is 9.64 Å². The average molecular weight is 450 g/mol. The van der Waals surface area contributed by atoms with Crippen molar-refractivity contribution in [3.05, 3.63) is 54.0 Å². The van der Waals surface area contributed by atoms with Crippen LogP contribution in [0.5, 0.6) is 0 Å². The van der Waals surface area contributed by atoms with Crippen LogP contribution in [-0.2, 0) is 26.1 Å². The summed E-state index contributed by atoms with van der Waals surface area (Å²) >= 11 is 0. The Labute approximate surface area is 182 Å². The molecule has 1 saturated heterocycles.